The summed E-state index contributed by atoms with van der Waals surface area (Å²) in [6.07, 6.45) is 5.72. The van der Waals surface area contributed by atoms with Crippen LogP contribution in [-0.4, -0.2) is 6.54 Å². The Kier molecular flexibility index (Phi) is 5.25. The summed E-state index contributed by atoms with van der Waals surface area (Å²) in [5, 5.41) is 6.02. The molecule has 1 aliphatic rings. The number of thiophene rings is 1. The minimum absolute atomic E-state index is 0.541. The van der Waals surface area contributed by atoms with Crippen LogP contribution in [0.4, 0.5) is 0 Å². The first-order valence-electron chi connectivity index (χ1n) is 7.45. The van der Waals surface area contributed by atoms with E-state index in [0.717, 1.165) is 11.8 Å². The first-order valence-corrected chi connectivity index (χ1v) is 8.33. The quantitative estimate of drug-likeness (QED) is 0.801. The highest BCUT2D eigenvalue weighted by molar-refractivity contribution is 7.10. The monoisotopic (exact) mass is 265 g/mol. The average molecular weight is 265 g/mol. The van der Waals surface area contributed by atoms with E-state index in [9.17, 15) is 0 Å². The van der Waals surface area contributed by atoms with E-state index in [1.54, 1.807) is 0 Å². The van der Waals surface area contributed by atoms with Crippen LogP contribution in [0.2, 0.25) is 0 Å². The molecular weight excluding hydrogens is 238 g/mol. The molecule has 2 rings (SSSR count). The Balaban J connectivity index is 1.90. The first kappa shape index (κ1) is 14.1. The van der Waals surface area contributed by atoms with Crippen LogP contribution in [0.25, 0.3) is 0 Å². The molecule has 1 nitrogen and oxygen atoms in total. The molecule has 0 saturated heterocycles. The maximum Gasteiger partial charge on any atom is 0.0438 e. The second-order valence-electron chi connectivity index (χ2n) is 6.17. The fourth-order valence-corrected chi connectivity index (χ4v) is 4.08. The van der Waals surface area contributed by atoms with Crippen molar-refractivity contribution in [1.29, 1.82) is 0 Å². The molecule has 1 saturated carbocycles. The van der Waals surface area contributed by atoms with Gasteiger partial charge in [0.1, 0.15) is 0 Å². The van der Waals surface area contributed by atoms with Gasteiger partial charge in [-0.3, -0.25) is 0 Å². The van der Waals surface area contributed by atoms with Crippen LogP contribution >= 0.6 is 11.3 Å². The smallest absolute Gasteiger partial charge is 0.0438 e. The molecule has 2 heteroatoms. The van der Waals surface area contributed by atoms with Gasteiger partial charge in [-0.2, -0.15) is 0 Å². The normalized spacial score (nSPS) is 26.4. The molecule has 0 spiro atoms. The van der Waals surface area contributed by atoms with Crippen LogP contribution in [-0.2, 0) is 0 Å². The SMILES string of the molecule is CC(C)C(NCC1CCCCC1C)c1cccs1. The molecule has 1 N–H and O–H groups in total. The predicted octanol–water partition coefficient (Wildman–Crippen LogP) is 4.86. The van der Waals surface area contributed by atoms with E-state index in [1.807, 2.05) is 11.3 Å². The van der Waals surface area contributed by atoms with Crippen molar-refractivity contribution >= 4 is 11.3 Å². The van der Waals surface area contributed by atoms with E-state index < -0.39 is 0 Å². The minimum Gasteiger partial charge on any atom is -0.309 e. The Morgan fingerprint density at radius 1 is 1.33 bits per heavy atom. The van der Waals surface area contributed by atoms with Gasteiger partial charge in [0.25, 0.3) is 0 Å². The summed E-state index contributed by atoms with van der Waals surface area (Å²) in [5.41, 5.74) is 0. The number of rotatable bonds is 5. The van der Waals surface area contributed by atoms with Gasteiger partial charge in [0.2, 0.25) is 0 Å². The van der Waals surface area contributed by atoms with E-state index >= 15 is 0 Å². The van der Waals surface area contributed by atoms with Crippen LogP contribution in [0.3, 0.4) is 0 Å². The van der Waals surface area contributed by atoms with Gasteiger partial charge in [-0.25, -0.2) is 0 Å². The topological polar surface area (TPSA) is 12.0 Å². The summed E-state index contributed by atoms with van der Waals surface area (Å²) >= 11 is 1.88. The van der Waals surface area contributed by atoms with Crippen LogP contribution in [0, 0.1) is 17.8 Å². The van der Waals surface area contributed by atoms with Gasteiger partial charge in [0, 0.05) is 10.9 Å². The number of nitrogens with one attached hydrogen (secondary N) is 1. The van der Waals surface area contributed by atoms with Crippen molar-refractivity contribution in [2.45, 2.75) is 52.5 Å². The Hall–Kier alpha value is -0.340. The van der Waals surface area contributed by atoms with E-state index in [-0.39, 0.29) is 0 Å². The van der Waals surface area contributed by atoms with Crippen LogP contribution in [0.15, 0.2) is 17.5 Å². The third-order valence-corrected chi connectivity index (χ3v) is 5.36. The van der Waals surface area contributed by atoms with Gasteiger partial charge in [-0.1, -0.05) is 46.1 Å². The fourth-order valence-electron chi connectivity index (χ4n) is 3.11. The molecule has 0 radical (unpaired) electrons. The predicted molar refractivity (Wildman–Crippen MR) is 81.0 cm³/mol. The zero-order chi connectivity index (χ0) is 13.0. The lowest BCUT2D eigenvalue weighted by atomic mass is 9.80. The highest BCUT2D eigenvalue weighted by Crippen LogP contribution is 2.31. The molecular formula is C16H27NS. The fraction of sp³-hybridized carbons (Fsp3) is 0.750. The molecule has 1 aliphatic carbocycles. The van der Waals surface area contributed by atoms with Crippen molar-refractivity contribution in [3.05, 3.63) is 22.4 Å². The molecule has 0 bridgehead atoms. The Bertz CT molecular complexity index is 331. The molecule has 1 aromatic heterocycles. The largest absolute Gasteiger partial charge is 0.309 e. The molecule has 3 atom stereocenters. The van der Waals surface area contributed by atoms with Gasteiger partial charge < -0.3 is 5.32 Å². The molecule has 1 aromatic rings. The number of hydrogen-bond acceptors (Lipinski definition) is 2. The van der Waals surface area contributed by atoms with Crippen LogP contribution < -0.4 is 5.32 Å². The Labute approximate surface area is 116 Å². The van der Waals surface area contributed by atoms with Crippen molar-refractivity contribution < 1.29 is 0 Å². The van der Waals surface area contributed by atoms with E-state index in [1.165, 1.54) is 37.1 Å². The van der Waals surface area contributed by atoms with Crippen molar-refractivity contribution in [2.75, 3.05) is 6.54 Å². The highest BCUT2D eigenvalue weighted by Gasteiger charge is 2.23. The summed E-state index contributed by atoms with van der Waals surface area (Å²) in [6, 6.07) is 4.98. The summed E-state index contributed by atoms with van der Waals surface area (Å²) in [4.78, 5) is 1.49. The van der Waals surface area contributed by atoms with Gasteiger partial charge in [0.15, 0.2) is 0 Å². The van der Waals surface area contributed by atoms with Crippen molar-refractivity contribution in [3.8, 4) is 0 Å². The molecule has 1 fully saturated rings. The lowest BCUT2D eigenvalue weighted by molar-refractivity contribution is 0.233. The molecule has 102 valence electrons. The maximum absolute atomic E-state index is 3.83. The Morgan fingerprint density at radius 3 is 2.72 bits per heavy atom. The third kappa shape index (κ3) is 3.58. The van der Waals surface area contributed by atoms with E-state index in [4.69, 9.17) is 0 Å². The molecule has 0 aromatic carbocycles. The summed E-state index contributed by atoms with van der Waals surface area (Å²) in [5.74, 6) is 2.46. The van der Waals surface area contributed by atoms with Gasteiger partial charge in [0.05, 0.1) is 0 Å². The second-order valence-corrected chi connectivity index (χ2v) is 7.15. The molecule has 1 heterocycles. The van der Waals surface area contributed by atoms with Crippen LogP contribution in [0.1, 0.15) is 57.4 Å². The van der Waals surface area contributed by atoms with Gasteiger partial charge >= 0.3 is 0 Å². The molecule has 0 amide bonds. The van der Waals surface area contributed by atoms with E-state index in [0.29, 0.717) is 12.0 Å². The molecule has 3 unspecified atom stereocenters. The van der Waals surface area contributed by atoms with Crippen molar-refractivity contribution in [2.24, 2.45) is 17.8 Å². The maximum atomic E-state index is 3.83. The lowest BCUT2D eigenvalue weighted by Gasteiger charge is -2.31. The van der Waals surface area contributed by atoms with Crippen LogP contribution in [0.5, 0.6) is 0 Å². The average Bonchev–Trinajstić information content (AvgIpc) is 2.85. The molecule has 18 heavy (non-hydrogen) atoms. The van der Waals surface area contributed by atoms with Gasteiger partial charge in [-0.15, -0.1) is 11.3 Å². The standard InChI is InChI=1S/C16H27NS/c1-12(2)16(15-9-6-10-18-15)17-11-14-8-5-4-7-13(14)3/h6,9-10,12-14,16-17H,4-5,7-8,11H2,1-3H3. The zero-order valence-corrected chi connectivity index (χ0v) is 12.8. The molecule has 0 aliphatic heterocycles. The second kappa shape index (κ2) is 6.72. The summed E-state index contributed by atoms with van der Waals surface area (Å²) in [7, 11) is 0. The van der Waals surface area contributed by atoms with Crippen molar-refractivity contribution in [3.63, 3.8) is 0 Å². The third-order valence-electron chi connectivity index (χ3n) is 4.41. The summed E-state index contributed by atoms with van der Waals surface area (Å²) < 4.78 is 0. The minimum atomic E-state index is 0.541. The van der Waals surface area contributed by atoms with Gasteiger partial charge in [-0.05, 0) is 42.2 Å². The van der Waals surface area contributed by atoms with Crippen molar-refractivity contribution in [1.82, 2.24) is 5.32 Å². The Morgan fingerprint density at radius 2 is 2.11 bits per heavy atom. The zero-order valence-electron chi connectivity index (χ0n) is 12.0. The lowest BCUT2D eigenvalue weighted by Crippen LogP contribution is -2.33. The first-order chi connectivity index (χ1) is 8.68. The van der Waals surface area contributed by atoms with E-state index in [2.05, 4.69) is 43.6 Å². The number of hydrogen-bond donors (Lipinski definition) is 1. The highest BCUT2D eigenvalue weighted by atomic mass is 32.1. The summed E-state index contributed by atoms with van der Waals surface area (Å²) in [6.45, 7) is 8.27.